The maximum Gasteiger partial charge on any atom is 0.492 e. The van der Waals surface area contributed by atoms with Crippen molar-refractivity contribution in [1.29, 1.82) is 0 Å². The molecule has 0 fully saturated rings. The number of methoxy groups -OCH3 is 1. The highest BCUT2D eigenvalue weighted by Crippen LogP contribution is 2.46. The number of hydrogen-bond acceptors (Lipinski definition) is 5. The number of ether oxygens (including phenoxy) is 3. The van der Waals surface area contributed by atoms with Crippen LogP contribution in [-0.4, -0.2) is 31.2 Å². The van der Waals surface area contributed by atoms with E-state index in [-0.39, 0.29) is 27.8 Å². The highest BCUT2D eigenvalue weighted by Gasteiger charge is 2.65. The van der Waals surface area contributed by atoms with E-state index in [1.165, 1.54) is 36.4 Å². The molecule has 0 aromatic heterocycles. The average molecular weight is 417 g/mol. The van der Waals surface area contributed by atoms with Gasteiger partial charge < -0.3 is 19.5 Å². The maximum atomic E-state index is 13.6. The van der Waals surface area contributed by atoms with Gasteiger partial charge in [-0.15, -0.1) is 0 Å². The Morgan fingerprint density at radius 2 is 1.79 bits per heavy atom. The molecule has 0 spiro atoms. The van der Waals surface area contributed by atoms with Crippen LogP contribution in [0.1, 0.15) is 10.4 Å². The molecule has 3 rings (SSSR count). The normalized spacial score (nSPS) is 17.8. The van der Waals surface area contributed by atoms with Gasteiger partial charge in [0.15, 0.2) is 11.5 Å². The quantitative estimate of drug-likeness (QED) is 0.740. The number of alkyl halides is 3. The smallest absolute Gasteiger partial charge is 0.465 e. The Labute approximate surface area is 161 Å². The summed E-state index contributed by atoms with van der Waals surface area (Å²) >= 11 is 5.74. The topological polar surface area (TPSA) is 85.9 Å². The summed E-state index contributed by atoms with van der Waals surface area (Å²) in [5, 5.41) is 3.89. The van der Waals surface area contributed by atoms with Gasteiger partial charge in [0.05, 0.1) is 18.4 Å². The summed E-state index contributed by atoms with van der Waals surface area (Å²) in [7, 11) is 1.13. The lowest BCUT2D eigenvalue weighted by Crippen LogP contribution is -2.65. The lowest BCUT2D eigenvalue weighted by molar-refractivity contribution is -0.317. The van der Waals surface area contributed by atoms with E-state index < -0.39 is 24.1 Å². The predicted molar refractivity (Wildman–Crippen MR) is 91.4 cm³/mol. The molecule has 0 radical (unpaired) electrons. The molecule has 1 heterocycles. The molecule has 0 saturated heterocycles. The number of nitrogens with one attached hydrogen (secondary N) is 2. The minimum absolute atomic E-state index is 0.0514. The Kier molecular flexibility index (Phi) is 4.99. The van der Waals surface area contributed by atoms with E-state index in [4.69, 9.17) is 21.1 Å². The van der Waals surface area contributed by atoms with E-state index in [1.54, 1.807) is 5.32 Å². The Morgan fingerprint density at radius 3 is 2.46 bits per heavy atom. The molecule has 7 nitrogen and oxygen atoms in total. The summed E-state index contributed by atoms with van der Waals surface area (Å²) in [4.78, 5) is 24.0. The van der Waals surface area contributed by atoms with Crippen molar-refractivity contribution in [3.05, 3.63) is 53.1 Å². The number of para-hydroxylation sites is 1. The molecule has 2 amide bonds. The van der Waals surface area contributed by atoms with Gasteiger partial charge in [-0.1, -0.05) is 23.7 Å². The van der Waals surface area contributed by atoms with Crippen molar-refractivity contribution < 1.29 is 37.0 Å². The van der Waals surface area contributed by atoms with Gasteiger partial charge in [-0.05, 0) is 24.3 Å². The lowest BCUT2D eigenvalue weighted by Gasteiger charge is -2.29. The van der Waals surface area contributed by atoms with Crippen LogP contribution in [0.5, 0.6) is 11.5 Å². The maximum absolute atomic E-state index is 13.6. The van der Waals surface area contributed by atoms with Crippen LogP contribution in [0.2, 0.25) is 5.02 Å². The molecule has 0 aliphatic carbocycles. The first-order valence-electron chi connectivity index (χ1n) is 7.66. The molecule has 0 bridgehead atoms. The second kappa shape index (κ2) is 7.12. The number of hydrogen-bond donors (Lipinski definition) is 2. The molecular formula is C17H12ClF3N2O5. The molecule has 2 aromatic carbocycles. The van der Waals surface area contributed by atoms with Gasteiger partial charge in [-0.2, -0.15) is 13.2 Å². The first-order chi connectivity index (χ1) is 13.1. The van der Waals surface area contributed by atoms with Crippen LogP contribution in [0, 0.1) is 0 Å². The number of fused-ring (bicyclic) bond motifs is 1. The third kappa shape index (κ3) is 3.63. The van der Waals surface area contributed by atoms with Crippen molar-refractivity contribution >= 4 is 29.3 Å². The molecule has 2 N–H and O–H groups in total. The predicted octanol–water partition coefficient (Wildman–Crippen LogP) is 3.94. The highest BCUT2D eigenvalue weighted by atomic mass is 35.5. The third-order valence-electron chi connectivity index (χ3n) is 3.64. The Balaban J connectivity index is 1.85. The molecule has 2 aromatic rings. The minimum atomic E-state index is -5.14. The standard InChI is InChI=1S/C17H12ClF3N2O5/c1-26-14(24)10-4-2-3-5-11(10)22-15(25)23-17(16(19,20)21)27-12-7-6-9(18)8-13(12)28-17/h2-8H,1H3,(H2,22,23,25)/t17-/m1/s1. The minimum Gasteiger partial charge on any atom is -0.465 e. The zero-order valence-corrected chi connectivity index (χ0v) is 14.9. The van der Waals surface area contributed by atoms with Gasteiger partial charge in [0, 0.05) is 11.1 Å². The fraction of sp³-hybridized carbons (Fsp3) is 0.176. The van der Waals surface area contributed by atoms with Gasteiger partial charge in [-0.3, -0.25) is 5.32 Å². The number of esters is 1. The fourth-order valence-electron chi connectivity index (χ4n) is 2.40. The zero-order valence-electron chi connectivity index (χ0n) is 14.1. The summed E-state index contributed by atoms with van der Waals surface area (Å²) in [6.45, 7) is 0. The summed E-state index contributed by atoms with van der Waals surface area (Å²) < 4.78 is 55.2. The second-order valence-corrected chi connectivity index (χ2v) is 5.96. The molecular weight excluding hydrogens is 405 g/mol. The third-order valence-corrected chi connectivity index (χ3v) is 3.88. The molecule has 1 atom stereocenters. The molecule has 0 saturated carbocycles. The molecule has 1 aliphatic heterocycles. The molecule has 0 unspecified atom stereocenters. The van der Waals surface area contributed by atoms with E-state index in [9.17, 15) is 22.8 Å². The second-order valence-electron chi connectivity index (χ2n) is 5.53. The van der Waals surface area contributed by atoms with E-state index in [0.29, 0.717) is 0 Å². The van der Waals surface area contributed by atoms with Crippen molar-refractivity contribution in [2.45, 2.75) is 12.1 Å². The number of rotatable bonds is 3. The van der Waals surface area contributed by atoms with Crippen molar-refractivity contribution in [3.63, 3.8) is 0 Å². The largest absolute Gasteiger partial charge is 0.492 e. The number of carbonyl (C=O) groups is 2. The number of halogens is 4. The van der Waals surface area contributed by atoms with Crippen molar-refractivity contribution in [1.82, 2.24) is 5.32 Å². The summed E-state index contributed by atoms with van der Waals surface area (Å²) in [5.74, 6) is -4.79. The summed E-state index contributed by atoms with van der Waals surface area (Å²) in [5.41, 5.74) is -0.118. The Bertz CT molecular complexity index is 937. The fourth-order valence-corrected chi connectivity index (χ4v) is 2.56. The zero-order chi connectivity index (χ0) is 20.5. The van der Waals surface area contributed by atoms with Crippen molar-refractivity contribution in [2.75, 3.05) is 12.4 Å². The van der Waals surface area contributed by atoms with E-state index in [2.05, 4.69) is 10.1 Å². The van der Waals surface area contributed by atoms with E-state index >= 15 is 0 Å². The first-order valence-corrected chi connectivity index (χ1v) is 8.04. The van der Waals surface area contributed by atoms with Crippen LogP contribution >= 0.6 is 11.6 Å². The van der Waals surface area contributed by atoms with Gasteiger partial charge >= 0.3 is 24.1 Å². The number of anilines is 1. The van der Waals surface area contributed by atoms with Crippen LogP contribution in [-0.2, 0) is 4.74 Å². The van der Waals surface area contributed by atoms with E-state index in [1.807, 2.05) is 0 Å². The molecule has 1 aliphatic rings. The van der Waals surface area contributed by atoms with Crippen molar-refractivity contribution in [3.8, 4) is 11.5 Å². The highest BCUT2D eigenvalue weighted by molar-refractivity contribution is 6.30. The Hall–Kier alpha value is -3.14. The van der Waals surface area contributed by atoms with Crippen molar-refractivity contribution in [2.24, 2.45) is 0 Å². The van der Waals surface area contributed by atoms with Gasteiger partial charge in [0.1, 0.15) is 0 Å². The van der Waals surface area contributed by atoms with Crippen LogP contribution in [0.4, 0.5) is 23.7 Å². The number of carbonyl (C=O) groups excluding carboxylic acids is 2. The SMILES string of the molecule is COC(=O)c1ccccc1NC(=O)N[C@]1(C(F)(F)F)Oc2ccc(Cl)cc2O1. The van der Waals surface area contributed by atoms with Crippen LogP contribution in [0.3, 0.4) is 0 Å². The van der Waals surface area contributed by atoms with Crippen LogP contribution in [0.25, 0.3) is 0 Å². The lowest BCUT2D eigenvalue weighted by atomic mass is 10.2. The van der Waals surface area contributed by atoms with E-state index in [0.717, 1.165) is 13.2 Å². The number of benzene rings is 2. The monoisotopic (exact) mass is 416 g/mol. The summed E-state index contributed by atoms with van der Waals surface area (Å²) in [6.07, 6.45) is -5.14. The number of urea groups is 1. The van der Waals surface area contributed by atoms with Gasteiger partial charge in [0.2, 0.25) is 0 Å². The van der Waals surface area contributed by atoms with Gasteiger partial charge in [0.25, 0.3) is 0 Å². The molecule has 11 heteroatoms. The van der Waals surface area contributed by atoms with Crippen LogP contribution < -0.4 is 20.1 Å². The molecule has 148 valence electrons. The average Bonchev–Trinajstić information content (AvgIpc) is 2.99. The Morgan fingerprint density at radius 1 is 1.11 bits per heavy atom. The van der Waals surface area contributed by atoms with Crippen LogP contribution in [0.15, 0.2) is 42.5 Å². The first kappa shape index (κ1) is 19.6. The summed E-state index contributed by atoms with van der Waals surface area (Å²) in [6, 6.07) is 7.90. The number of amides is 2. The molecule has 28 heavy (non-hydrogen) atoms. The van der Waals surface area contributed by atoms with Gasteiger partial charge in [-0.25, -0.2) is 9.59 Å².